The normalized spacial score (nSPS) is 20.4. The maximum absolute atomic E-state index is 6.48. The summed E-state index contributed by atoms with van der Waals surface area (Å²) >= 11 is 6.48. The van der Waals surface area contributed by atoms with Gasteiger partial charge in [-0.15, -0.1) is 0 Å². The number of benzene rings is 1. The van der Waals surface area contributed by atoms with Gasteiger partial charge in [-0.3, -0.25) is 4.90 Å². The van der Waals surface area contributed by atoms with Crippen molar-refractivity contribution in [1.82, 2.24) is 10.2 Å². The van der Waals surface area contributed by atoms with Crippen LogP contribution in [-0.4, -0.2) is 43.7 Å². The Morgan fingerprint density at radius 3 is 2.70 bits per heavy atom. The van der Waals surface area contributed by atoms with Crippen LogP contribution in [0, 0.1) is 0 Å². The number of nitrogens with one attached hydrogen (secondary N) is 1. The Kier molecular flexibility index (Phi) is 5.70. The maximum atomic E-state index is 6.48. The Morgan fingerprint density at radius 2 is 2.10 bits per heavy atom. The van der Waals surface area contributed by atoms with Gasteiger partial charge in [0, 0.05) is 32.2 Å². The van der Waals surface area contributed by atoms with Gasteiger partial charge in [-0.25, -0.2) is 0 Å². The summed E-state index contributed by atoms with van der Waals surface area (Å²) in [6, 6.07) is 7.03. The van der Waals surface area contributed by atoms with Crippen LogP contribution in [-0.2, 0) is 6.54 Å². The van der Waals surface area contributed by atoms with E-state index in [-0.39, 0.29) is 0 Å². The minimum absolute atomic E-state index is 0.589. The van der Waals surface area contributed by atoms with Crippen molar-refractivity contribution >= 4 is 17.3 Å². The lowest BCUT2D eigenvalue weighted by atomic mass is 10.1. The van der Waals surface area contributed by atoms with Gasteiger partial charge in [0.25, 0.3) is 0 Å². The van der Waals surface area contributed by atoms with E-state index in [2.05, 4.69) is 54.1 Å². The summed E-state index contributed by atoms with van der Waals surface area (Å²) in [7, 11) is 0. The third-order valence-electron chi connectivity index (χ3n) is 4.10. The summed E-state index contributed by atoms with van der Waals surface area (Å²) in [6.07, 6.45) is 0. The number of likely N-dealkylation sites (N-methyl/N-ethyl adjacent to an activating group) is 1. The highest BCUT2D eigenvalue weighted by Gasteiger charge is 2.23. The van der Waals surface area contributed by atoms with E-state index in [1.54, 1.807) is 0 Å². The summed E-state index contributed by atoms with van der Waals surface area (Å²) < 4.78 is 0. The molecule has 1 aromatic rings. The average molecular weight is 296 g/mol. The molecule has 20 heavy (non-hydrogen) atoms. The number of halogens is 1. The molecule has 0 bridgehead atoms. The predicted molar refractivity (Wildman–Crippen MR) is 87.8 cm³/mol. The number of nitrogens with zero attached hydrogens (tertiary/aromatic N) is 2. The summed E-state index contributed by atoms with van der Waals surface area (Å²) in [4.78, 5) is 4.93. The first-order chi connectivity index (χ1) is 9.65. The van der Waals surface area contributed by atoms with Crippen LogP contribution in [0.2, 0.25) is 5.02 Å². The lowest BCUT2D eigenvalue weighted by molar-refractivity contribution is 0.199. The van der Waals surface area contributed by atoms with Crippen molar-refractivity contribution < 1.29 is 0 Å². The molecule has 1 N–H and O–H groups in total. The minimum Gasteiger partial charge on any atom is -0.367 e. The van der Waals surface area contributed by atoms with Crippen molar-refractivity contribution in [3.05, 3.63) is 28.8 Å². The monoisotopic (exact) mass is 295 g/mol. The Balaban J connectivity index is 2.06. The topological polar surface area (TPSA) is 18.5 Å². The molecule has 0 aromatic heterocycles. The second-order valence-corrected chi connectivity index (χ2v) is 5.90. The first kappa shape index (κ1) is 15.6. The molecule has 1 aromatic carbocycles. The smallest absolute Gasteiger partial charge is 0.0642 e. The first-order valence-corrected chi connectivity index (χ1v) is 8.01. The lowest BCUT2D eigenvalue weighted by Crippen LogP contribution is -2.51. The van der Waals surface area contributed by atoms with Crippen LogP contribution in [0.15, 0.2) is 18.2 Å². The van der Waals surface area contributed by atoms with E-state index < -0.39 is 0 Å². The highest BCUT2D eigenvalue weighted by atomic mass is 35.5. The molecule has 4 heteroatoms. The van der Waals surface area contributed by atoms with Crippen LogP contribution in [0.25, 0.3) is 0 Å². The molecule has 0 amide bonds. The summed E-state index contributed by atoms with van der Waals surface area (Å²) in [5.41, 5.74) is 2.43. The molecule has 1 aliphatic rings. The highest BCUT2D eigenvalue weighted by molar-refractivity contribution is 6.33. The molecule has 3 nitrogen and oxygen atoms in total. The predicted octanol–water partition coefficient (Wildman–Crippen LogP) is 2.98. The quantitative estimate of drug-likeness (QED) is 0.901. The van der Waals surface area contributed by atoms with Gasteiger partial charge < -0.3 is 10.2 Å². The third-order valence-corrected chi connectivity index (χ3v) is 4.41. The van der Waals surface area contributed by atoms with E-state index in [9.17, 15) is 0 Å². The third kappa shape index (κ3) is 3.66. The molecule has 0 spiro atoms. The van der Waals surface area contributed by atoms with Crippen molar-refractivity contribution in [2.45, 2.75) is 33.4 Å². The van der Waals surface area contributed by atoms with Crippen LogP contribution in [0.4, 0.5) is 5.69 Å². The van der Waals surface area contributed by atoms with Crippen molar-refractivity contribution in [2.75, 3.05) is 37.6 Å². The summed E-state index contributed by atoms with van der Waals surface area (Å²) in [5, 5.41) is 4.21. The Bertz CT molecular complexity index is 436. The van der Waals surface area contributed by atoms with E-state index in [1.807, 2.05) is 0 Å². The fourth-order valence-electron chi connectivity index (χ4n) is 2.87. The zero-order valence-corrected chi connectivity index (χ0v) is 13.6. The molecule has 2 rings (SSSR count). The Morgan fingerprint density at radius 1 is 1.30 bits per heavy atom. The molecule has 1 fully saturated rings. The first-order valence-electron chi connectivity index (χ1n) is 7.63. The fraction of sp³-hybridized carbons (Fsp3) is 0.625. The number of anilines is 1. The van der Waals surface area contributed by atoms with E-state index in [0.717, 1.165) is 44.3 Å². The Hall–Kier alpha value is -0.770. The SMILES string of the molecule is CCNCc1ccc(N2CCN(CC)C(C)C2)c(Cl)c1. The molecule has 1 aliphatic heterocycles. The van der Waals surface area contributed by atoms with E-state index in [1.165, 1.54) is 11.3 Å². The molecule has 0 saturated carbocycles. The number of rotatable bonds is 5. The van der Waals surface area contributed by atoms with Gasteiger partial charge in [0.2, 0.25) is 0 Å². The van der Waals surface area contributed by atoms with Crippen molar-refractivity contribution in [1.29, 1.82) is 0 Å². The molecular formula is C16H26ClN3. The average Bonchev–Trinajstić information content (AvgIpc) is 2.45. The molecule has 1 atom stereocenters. The molecule has 1 heterocycles. The standard InChI is InChI=1S/C16H26ClN3/c1-4-18-11-14-6-7-16(15(17)10-14)20-9-8-19(5-2)13(3)12-20/h6-7,10,13,18H,4-5,8-9,11-12H2,1-3H3. The molecule has 1 unspecified atom stereocenters. The zero-order valence-electron chi connectivity index (χ0n) is 12.8. The second kappa shape index (κ2) is 7.30. The molecule has 0 radical (unpaired) electrons. The minimum atomic E-state index is 0.589. The van der Waals surface area contributed by atoms with Gasteiger partial charge in [-0.2, -0.15) is 0 Å². The van der Waals surface area contributed by atoms with Crippen molar-refractivity contribution in [2.24, 2.45) is 0 Å². The van der Waals surface area contributed by atoms with Gasteiger partial charge in [0.15, 0.2) is 0 Å². The lowest BCUT2D eigenvalue weighted by Gasteiger charge is -2.40. The number of piperazine rings is 1. The van der Waals surface area contributed by atoms with Gasteiger partial charge in [-0.05, 0) is 37.7 Å². The van der Waals surface area contributed by atoms with E-state index >= 15 is 0 Å². The van der Waals surface area contributed by atoms with Crippen molar-refractivity contribution in [3.8, 4) is 0 Å². The molecular weight excluding hydrogens is 270 g/mol. The van der Waals surface area contributed by atoms with Crippen LogP contribution < -0.4 is 10.2 Å². The summed E-state index contributed by atoms with van der Waals surface area (Å²) in [5.74, 6) is 0. The number of hydrogen-bond donors (Lipinski definition) is 1. The van der Waals surface area contributed by atoms with Crippen LogP contribution in [0.1, 0.15) is 26.3 Å². The van der Waals surface area contributed by atoms with Crippen molar-refractivity contribution in [3.63, 3.8) is 0 Å². The largest absolute Gasteiger partial charge is 0.367 e. The fourth-order valence-corrected chi connectivity index (χ4v) is 3.19. The Labute approximate surface area is 127 Å². The zero-order chi connectivity index (χ0) is 14.5. The van der Waals surface area contributed by atoms with Crippen LogP contribution in [0.3, 0.4) is 0 Å². The van der Waals surface area contributed by atoms with Gasteiger partial charge in [0.05, 0.1) is 10.7 Å². The van der Waals surface area contributed by atoms with Gasteiger partial charge >= 0.3 is 0 Å². The van der Waals surface area contributed by atoms with Crippen LogP contribution >= 0.6 is 11.6 Å². The maximum Gasteiger partial charge on any atom is 0.0642 e. The number of hydrogen-bond acceptors (Lipinski definition) is 3. The molecule has 0 aliphatic carbocycles. The van der Waals surface area contributed by atoms with E-state index in [0.29, 0.717) is 6.04 Å². The molecule has 112 valence electrons. The summed E-state index contributed by atoms with van der Waals surface area (Å²) in [6.45, 7) is 12.9. The van der Waals surface area contributed by atoms with Crippen LogP contribution in [0.5, 0.6) is 0 Å². The van der Waals surface area contributed by atoms with Gasteiger partial charge in [-0.1, -0.05) is 31.5 Å². The highest BCUT2D eigenvalue weighted by Crippen LogP contribution is 2.28. The second-order valence-electron chi connectivity index (χ2n) is 5.49. The van der Waals surface area contributed by atoms with E-state index in [4.69, 9.17) is 11.6 Å². The molecule has 1 saturated heterocycles. The van der Waals surface area contributed by atoms with Gasteiger partial charge in [0.1, 0.15) is 0 Å².